The summed E-state index contributed by atoms with van der Waals surface area (Å²) in [6.45, 7) is 1.87. The third-order valence-electron chi connectivity index (χ3n) is 1.74. The maximum absolute atomic E-state index is 11.4. The van der Waals surface area contributed by atoms with Crippen LogP contribution in [0.3, 0.4) is 0 Å². The number of aromatic nitrogens is 1. The highest BCUT2D eigenvalue weighted by Gasteiger charge is 2.22. The molecule has 0 radical (unpaired) electrons. The van der Waals surface area contributed by atoms with E-state index in [0.717, 1.165) is 5.56 Å². The first-order valence-electron chi connectivity index (χ1n) is 3.81. The van der Waals surface area contributed by atoms with Gasteiger partial charge in [-0.25, -0.2) is 4.98 Å². The van der Waals surface area contributed by atoms with E-state index in [1.807, 2.05) is 6.92 Å². The highest BCUT2D eigenvalue weighted by atomic mass is 32.2. The first-order chi connectivity index (χ1) is 6.16. The van der Waals surface area contributed by atoms with Crippen molar-refractivity contribution in [2.45, 2.75) is 11.9 Å². The van der Waals surface area contributed by atoms with Crippen molar-refractivity contribution < 1.29 is 9.00 Å². The van der Waals surface area contributed by atoms with Gasteiger partial charge < -0.3 is 5.32 Å². The van der Waals surface area contributed by atoms with Crippen molar-refractivity contribution in [3.8, 4) is 0 Å². The van der Waals surface area contributed by atoms with E-state index in [4.69, 9.17) is 0 Å². The van der Waals surface area contributed by atoms with Crippen molar-refractivity contribution in [3.05, 3.63) is 17.8 Å². The Balaban J connectivity index is 2.55. The van der Waals surface area contributed by atoms with Crippen molar-refractivity contribution in [3.63, 3.8) is 0 Å². The Kier molecular flexibility index (Phi) is 1.88. The molecule has 0 fully saturated rings. The van der Waals surface area contributed by atoms with Crippen LogP contribution >= 0.6 is 0 Å². The highest BCUT2D eigenvalue weighted by molar-refractivity contribution is 7.86. The molecule has 5 heteroatoms. The van der Waals surface area contributed by atoms with E-state index in [1.165, 1.54) is 0 Å². The van der Waals surface area contributed by atoms with E-state index >= 15 is 0 Å². The van der Waals surface area contributed by atoms with Gasteiger partial charge in [0.25, 0.3) is 0 Å². The van der Waals surface area contributed by atoms with Crippen molar-refractivity contribution in [1.82, 2.24) is 4.98 Å². The number of carbonyl (C=O) groups excluding carboxylic acids is 1. The first kappa shape index (κ1) is 8.37. The minimum Gasteiger partial charge on any atom is -0.323 e. The Hall–Kier alpha value is -1.23. The molecule has 1 aromatic heterocycles. The maximum Gasteiger partial charge on any atom is 0.237 e. The summed E-state index contributed by atoms with van der Waals surface area (Å²) in [5, 5.41) is 3.11. The number of rotatable bonds is 0. The van der Waals surface area contributed by atoms with Crippen LogP contribution in [-0.2, 0) is 15.6 Å². The Morgan fingerprint density at radius 1 is 1.62 bits per heavy atom. The molecule has 1 atom stereocenters. The molecule has 1 N–H and O–H groups in total. The smallest absolute Gasteiger partial charge is 0.237 e. The van der Waals surface area contributed by atoms with Crippen LogP contribution in [0.4, 0.5) is 5.69 Å². The quantitative estimate of drug-likeness (QED) is 0.655. The molecule has 0 aromatic carbocycles. The van der Waals surface area contributed by atoms with Gasteiger partial charge in [0, 0.05) is 6.20 Å². The van der Waals surface area contributed by atoms with Gasteiger partial charge in [-0.15, -0.1) is 0 Å². The molecule has 0 saturated carbocycles. The normalized spacial score (nSPS) is 20.7. The SMILES string of the molecule is Cc1cnc2c(c1)NC(=O)CS2=O. The summed E-state index contributed by atoms with van der Waals surface area (Å²) in [6, 6.07) is 1.78. The van der Waals surface area contributed by atoms with Crippen molar-refractivity contribution in [2.24, 2.45) is 0 Å². The largest absolute Gasteiger partial charge is 0.323 e. The zero-order valence-electron chi connectivity index (χ0n) is 7.03. The van der Waals surface area contributed by atoms with Crippen LogP contribution < -0.4 is 5.32 Å². The number of anilines is 1. The van der Waals surface area contributed by atoms with Gasteiger partial charge in [-0.1, -0.05) is 0 Å². The number of hydrogen-bond acceptors (Lipinski definition) is 3. The minimum atomic E-state index is -1.28. The summed E-state index contributed by atoms with van der Waals surface area (Å²) in [4.78, 5) is 15.0. The second-order valence-corrected chi connectivity index (χ2v) is 4.27. The van der Waals surface area contributed by atoms with E-state index in [-0.39, 0.29) is 11.7 Å². The Labute approximate surface area is 77.8 Å². The molecule has 4 nitrogen and oxygen atoms in total. The summed E-state index contributed by atoms with van der Waals surface area (Å²) in [5.41, 5.74) is 1.52. The molecule has 0 aliphatic carbocycles. The molecule has 0 saturated heterocycles. The fraction of sp³-hybridized carbons (Fsp3) is 0.250. The van der Waals surface area contributed by atoms with Gasteiger partial charge >= 0.3 is 0 Å². The molecule has 1 unspecified atom stereocenters. The fourth-order valence-corrected chi connectivity index (χ4v) is 2.17. The molecule has 1 aliphatic rings. The average Bonchev–Trinajstić information content (AvgIpc) is 2.02. The molecule has 0 bridgehead atoms. The fourth-order valence-electron chi connectivity index (χ4n) is 1.20. The van der Waals surface area contributed by atoms with Gasteiger partial charge in [-0.2, -0.15) is 0 Å². The lowest BCUT2D eigenvalue weighted by molar-refractivity contribution is -0.114. The third-order valence-corrected chi connectivity index (χ3v) is 3.02. The summed E-state index contributed by atoms with van der Waals surface area (Å²) in [6.07, 6.45) is 1.65. The van der Waals surface area contributed by atoms with Crippen LogP contribution in [0.25, 0.3) is 0 Å². The number of hydrogen-bond donors (Lipinski definition) is 1. The Bertz CT molecular complexity index is 403. The van der Waals surface area contributed by atoms with Crippen molar-refractivity contribution >= 4 is 22.4 Å². The first-order valence-corrected chi connectivity index (χ1v) is 5.13. The van der Waals surface area contributed by atoms with E-state index in [0.29, 0.717) is 10.7 Å². The topological polar surface area (TPSA) is 59.1 Å². The van der Waals surface area contributed by atoms with E-state index < -0.39 is 10.8 Å². The molecule has 1 aliphatic heterocycles. The lowest BCUT2D eigenvalue weighted by Crippen LogP contribution is -2.26. The monoisotopic (exact) mass is 196 g/mol. The van der Waals surface area contributed by atoms with Crippen LogP contribution in [0.15, 0.2) is 17.3 Å². The van der Waals surface area contributed by atoms with Crippen LogP contribution in [0.1, 0.15) is 5.56 Å². The molecular weight excluding hydrogens is 188 g/mol. The zero-order valence-corrected chi connectivity index (χ0v) is 7.85. The molecule has 2 heterocycles. The van der Waals surface area contributed by atoms with E-state index in [1.54, 1.807) is 12.3 Å². The van der Waals surface area contributed by atoms with Crippen LogP contribution in [0, 0.1) is 6.92 Å². The number of amides is 1. The number of fused-ring (bicyclic) bond motifs is 1. The zero-order chi connectivity index (χ0) is 9.42. The van der Waals surface area contributed by atoms with Crippen LogP contribution in [0.2, 0.25) is 0 Å². The molecule has 1 aromatic rings. The number of carbonyl (C=O) groups is 1. The van der Waals surface area contributed by atoms with Crippen molar-refractivity contribution in [2.75, 3.05) is 11.1 Å². The third kappa shape index (κ3) is 1.47. The summed E-state index contributed by atoms with van der Waals surface area (Å²) in [5.74, 6) is -0.193. The Morgan fingerprint density at radius 2 is 2.38 bits per heavy atom. The van der Waals surface area contributed by atoms with E-state index in [9.17, 15) is 9.00 Å². The molecular formula is C8H8N2O2S. The molecule has 1 amide bonds. The number of aryl methyl sites for hydroxylation is 1. The van der Waals surface area contributed by atoms with Gasteiger partial charge in [0.05, 0.1) is 16.5 Å². The predicted molar refractivity (Wildman–Crippen MR) is 48.9 cm³/mol. The van der Waals surface area contributed by atoms with Gasteiger partial charge in [-0.3, -0.25) is 9.00 Å². The average molecular weight is 196 g/mol. The highest BCUT2D eigenvalue weighted by Crippen LogP contribution is 2.21. The van der Waals surface area contributed by atoms with Gasteiger partial charge in [0.2, 0.25) is 5.91 Å². The number of nitrogens with zero attached hydrogens (tertiary/aromatic N) is 1. The maximum atomic E-state index is 11.4. The summed E-state index contributed by atoms with van der Waals surface area (Å²) < 4.78 is 11.4. The van der Waals surface area contributed by atoms with Gasteiger partial charge in [0.15, 0.2) is 5.03 Å². The molecule has 68 valence electrons. The standard InChI is InChI=1S/C8H8N2O2S/c1-5-2-6-8(9-3-5)13(12)4-7(11)10-6/h2-3H,4H2,1H3,(H,10,11). The van der Waals surface area contributed by atoms with Gasteiger partial charge in [0.1, 0.15) is 5.75 Å². The minimum absolute atomic E-state index is 0.0169. The van der Waals surface area contributed by atoms with Crippen LogP contribution in [0.5, 0.6) is 0 Å². The predicted octanol–water partition coefficient (Wildman–Crippen LogP) is 0.450. The van der Waals surface area contributed by atoms with Gasteiger partial charge in [-0.05, 0) is 18.6 Å². The Morgan fingerprint density at radius 3 is 3.15 bits per heavy atom. The molecule has 2 rings (SSSR count). The lowest BCUT2D eigenvalue weighted by atomic mass is 10.3. The van der Waals surface area contributed by atoms with Crippen molar-refractivity contribution in [1.29, 1.82) is 0 Å². The summed E-state index contributed by atoms with van der Waals surface area (Å²) >= 11 is 0. The summed E-state index contributed by atoms with van der Waals surface area (Å²) in [7, 11) is -1.28. The second-order valence-electron chi connectivity index (χ2n) is 2.90. The number of pyridine rings is 1. The second kappa shape index (κ2) is 2.92. The lowest BCUT2D eigenvalue weighted by Gasteiger charge is -2.14. The van der Waals surface area contributed by atoms with Crippen LogP contribution in [-0.4, -0.2) is 20.9 Å². The molecule has 13 heavy (non-hydrogen) atoms. The number of nitrogens with one attached hydrogen (secondary N) is 1. The van der Waals surface area contributed by atoms with E-state index in [2.05, 4.69) is 10.3 Å². The molecule has 0 spiro atoms.